The predicted molar refractivity (Wildman–Crippen MR) is 109 cm³/mol. The van der Waals surface area contributed by atoms with Gasteiger partial charge in [-0.05, 0) is 37.0 Å². The van der Waals surface area contributed by atoms with E-state index < -0.39 is 4.92 Å². The van der Waals surface area contributed by atoms with Crippen molar-refractivity contribution in [2.75, 3.05) is 55.6 Å². The summed E-state index contributed by atoms with van der Waals surface area (Å²) in [5.41, 5.74) is 0.0445. The lowest BCUT2D eigenvalue weighted by molar-refractivity contribution is -0.385. The highest BCUT2D eigenvalue weighted by Crippen LogP contribution is 2.24. The Kier molecular flexibility index (Phi) is 5.66. The van der Waals surface area contributed by atoms with Crippen molar-refractivity contribution in [3.63, 3.8) is 0 Å². The summed E-state index contributed by atoms with van der Waals surface area (Å²) in [5, 5.41) is 10.8. The third-order valence-corrected chi connectivity index (χ3v) is 5.65. The number of hydrogen-bond donors (Lipinski definition) is 0. The standard InChI is InChI=1S/C20H26N6O2/c27-26(28)18-6-7-20(22-14-18)25-9-3-4-17(16-25)15-23-10-12-24(13-11-23)19-5-1-2-8-21-19/h1-2,5-8,14,17H,3-4,9-13,15-16H2. The Labute approximate surface area is 164 Å². The fourth-order valence-corrected chi connectivity index (χ4v) is 4.16. The maximum Gasteiger partial charge on any atom is 0.287 e. The third-order valence-electron chi connectivity index (χ3n) is 5.65. The normalized spacial score (nSPS) is 20.9. The second-order valence-corrected chi connectivity index (χ2v) is 7.56. The molecule has 2 aliphatic rings. The highest BCUT2D eigenvalue weighted by Gasteiger charge is 2.25. The Balaban J connectivity index is 1.29. The summed E-state index contributed by atoms with van der Waals surface area (Å²) in [6, 6.07) is 9.38. The fourth-order valence-electron chi connectivity index (χ4n) is 4.16. The van der Waals surface area contributed by atoms with Crippen LogP contribution in [0.3, 0.4) is 0 Å². The molecule has 8 nitrogen and oxygen atoms in total. The van der Waals surface area contributed by atoms with Crippen molar-refractivity contribution in [3.8, 4) is 0 Å². The number of aromatic nitrogens is 2. The van der Waals surface area contributed by atoms with Gasteiger partial charge in [-0.1, -0.05) is 6.07 Å². The predicted octanol–water partition coefficient (Wildman–Crippen LogP) is 2.42. The molecule has 2 saturated heterocycles. The Morgan fingerprint density at radius 2 is 1.82 bits per heavy atom. The van der Waals surface area contributed by atoms with Crippen molar-refractivity contribution in [2.45, 2.75) is 12.8 Å². The molecule has 4 heterocycles. The minimum absolute atomic E-state index is 0.0445. The zero-order valence-electron chi connectivity index (χ0n) is 16.0. The van der Waals surface area contributed by atoms with E-state index in [0.717, 1.165) is 63.9 Å². The van der Waals surface area contributed by atoms with Crippen molar-refractivity contribution >= 4 is 17.3 Å². The number of piperidine rings is 1. The van der Waals surface area contributed by atoms with Crippen LogP contribution >= 0.6 is 0 Å². The molecule has 0 saturated carbocycles. The molecule has 148 valence electrons. The summed E-state index contributed by atoms with van der Waals surface area (Å²) < 4.78 is 0. The van der Waals surface area contributed by atoms with Crippen LogP contribution in [0.15, 0.2) is 42.7 Å². The van der Waals surface area contributed by atoms with Crippen molar-refractivity contribution in [1.82, 2.24) is 14.9 Å². The molecule has 0 aromatic carbocycles. The number of nitrogens with zero attached hydrogens (tertiary/aromatic N) is 6. The molecule has 2 aromatic heterocycles. The highest BCUT2D eigenvalue weighted by atomic mass is 16.6. The van der Waals surface area contributed by atoms with E-state index in [4.69, 9.17) is 0 Å². The Hall–Kier alpha value is -2.74. The maximum absolute atomic E-state index is 10.8. The lowest BCUT2D eigenvalue weighted by atomic mass is 9.97. The van der Waals surface area contributed by atoms with Gasteiger partial charge in [-0.3, -0.25) is 15.0 Å². The summed E-state index contributed by atoms with van der Waals surface area (Å²) in [5.74, 6) is 2.51. The van der Waals surface area contributed by atoms with Crippen LogP contribution in [0.1, 0.15) is 12.8 Å². The van der Waals surface area contributed by atoms with Crippen LogP contribution in [0.4, 0.5) is 17.3 Å². The van der Waals surface area contributed by atoms with Gasteiger partial charge in [0.1, 0.15) is 17.8 Å². The molecule has 1 atom stereocenters. The Morgan fingerprint density at radius 1 is 1.00 bits per heavy atom. The molecule has 1 unspecified atom stereocenters. The van der Waals surface area contributed by atoms with Crippen LogP contribution in [0, 0.1) is 16.0 Å². The topological polar surface area (TPSA) is 78.6 Å². The lowest BCUT2D eigenvalue weighted by Gasteiger charge is -2.40. The summed E-state index contributed by atoms with van der Waals surface area (Å²) in [6.07, 6.45) is 5.57. The summed E-state index contributed by atoms with van der Waals surface area (Å²) in [4.78, 5) is 26.3. The minimum Gasteiger partial charge on any atom is -0.356 e. The molecule has 0 bridgehead atoms. The highest BCUT2D eigenvalue weighted by molar-refractivity contribution is 5.43. The van der Waals surface area contributed by atoms with Gasteiger partial charge in [0, 0.05) is 58.1 Å². The molecular weight excluding hydrogens is 356 g/mol. The van der Waals surface area contributed by atoms with Crippen LogP contribution in [-0.4, -0.2) is 65.6 Å². The first-order valence-corrected chi connectivity index (χ1v) is 9.93. The summed E-state index contributed by atoms with van der Waals surface area (Å²) in [6.45, 7) is 7.17. The van der Waals surface area contributed by atoms with E-state index in [2.05, 4.69) is 30.7 Å². The van der Waals surface area contributed by atoms with Crippen molar-refractivity contribution in [1.29, 1.82) is 0 Å². The first-order valence-electron chi connectivity index (χ1n) is 9.93. The molecule has 8 heteroatoms. The quantitative estimate of drug-likeness (QED) is 0.580. The second-order valence-electron chi connectivity index (χ2n) is 7.56. The number of anilines is 2. The van der Waals surface area contributed by atoms with Crippen LogP contribution in [-0.2, 0) is 0 Å². The van der Waals surface area contributed by atoms with Gasteiger partial charge in [-0.2, -0.15) is 0 Å². The molecule has 2 fully saturated rings. The van der Waals surface area contributed by atoms with Crippen LogP contribution in [0.5, 0.6) is 0 Å². The molecule has 4 rings (SSSR count). The van der Waals surface area contributed by atoms with E-state index in [0.29, 0.717) is 5.92 Å². The molecule has 2 aliphatic heterocycles. The summed E-state index contributed by atoms with van der Waals surface area (Å²) >= 11 is 0. The van der Waals surface area contributed by atoms with E-state index in [9.17, 15) is 10.1 Å². The molecule has 0 spiro atoms. The Morgan fingerprint density at radius 3 is 2.50 bits per heavy atom. The van der Waals surface area contributed by atoms with E-state index >= 15 is 0 Å². The van der Waals surface area contributed by atoms with E-state index in [1.54, 1.807) is 12.1 Å². The van der Waals surface area contributed by atoms with Gasteiger partial charge in [0.2, 0.25) is 0 Å². The molecule has 2 aromatic rings. The van der Waals surface area contributed by atoms with Gasteiger partial charge >= 0.3 is 0 Å². The smallest absolute Gasteiger partial charge is 0.287 e. The molecule has 0 aliphatic carbocycles. The van der Waals surface area contributed by atoms with Crippen LogP contribution < -0.4 is 9.80 Å². The van der Waals surface area contributed by atoms with E-state index in [1.807, 2.05) is 18.3 Å². The first kappa shape index (κ1) is 18.6. The van der Waals surface area contributed by atoms with Gasteiger partial charge in [0.15, 0.2) is 0 Å². The largest absolute Gasteiger partial charge is 0.356 e. The summed E-state index contributed by atoms with van der Waals surface area (Å²) in [7, 11) is 0. The van der Waals surface area contributed by atoms with Gasteiger partial charge in [-0.25, -0.2) is 9.97 Å². The van der Waals surface area contributed by atoms with Crippen molar-refractivity contribution < 1.29 is 4.92 Å². The monoisotopic (exact) mass is 382 g/mol. The average Bonchev–Trinajstić information content (AvgIpc) is 2.75. The number of piperazine rings is 1. The number of nitro groups is 1. The van der Waals surface area contributed by atoms with E-state index in [-0.39, 0.29) is 5.69 Å². The van der Waals surface area contributed by atoms with Gasteiger partial charge in [-0.15, -0.1) is 0 Å². The molecule has 0 N–H and O–H groups in total. The second kappa shape index (κ2) is 8.52. The van der Waals surface area contributed by atoms with Crippen molar-refractivity contribution in [3.05, 3.63) is 52.8 Å². The van der Waals surface area contributed by atoms with Gasteiger partial charge in [0.05, 0.1) is 4.92 Å². The van der Waals surface area contributed by atoms with Crippen LogP contribution in [0.2, 0.25) is 0 Å². The molecule has 28 heavy (non-hydrogen) atoms. The molecule has 0 radical (unpaired) electrons. The lowest BCUT2D eigenvalue weighted by Crippen LogP contribution is -2.50. The van der Waals surface area contributed by atoms with E-state index in [1.165, 1.54) is 12.6 Å². The average molecular weight is 382 g/mol. The first-order chi connectivity index (χ1) is 13.7. The zero-order chi connectivity index (χ0) is 19.3. The molecular formula is C20H26N6O2. The number of hydrogen-bond acceptors (Lipinski definition) is 7. The van der Waals surface area contributed by atoms with Gasteiger partial charge < -0.3 is 9.80 Å². The van der Waals surface area contributed by atoms with Crippen LogP contribution in [0.25, 0.3) is 0 Å². The van der Waals surface area contributed by atoms with Gasteiger partial charge in [0.25, 0.3) is 5.69 Å². The van der Waals surface area contributed by atoms with Crippen molar-refractivity contribution in [2.24, 2.45) is 5.92 Å². The molecule has 0 amide bonds. The number of pyridine rings is 2. The zero-order valence-corrected chi connectivity index (χ0v) is 16.0. The SMILES string of the molecule is O=[N+]([O-])c1ccc(N2CCCC(CN3CCN(c4ccccn4)CC3)C2)nc1. The third kappa shape index (κ3) is 4.39. The minimum atomic E-state index is -0.402. The fraction of sp³-hybridized carbons (Fsp3) is 0.500. The Bertz CT molecular complexity index is 777. The number of rotatable bonds is 5. The maximum atomic E-state index is 10.8.